The molecule has 4 rings (SSSR count). The van der Waals surface area contributed by atoms with Gasteiger partial charge >= 0.3 is 0 Å². The van der Waals surface area contributed by atoms with Gasteiger partial charge in [0, 0.05) is 37.0 Å². The molecule has 3 aromatic rings. The van der Waals surface area contributed by atoms with Crippen LogP contribution >= 0.6 is 0 Å². The number of H-pyrrole nitrogens is 1. The average molecular weight is 360 g/mol. The lowest BCUT2D eigenvalue weighted by molar-refractivity contribution is -0.125. The van der Waals surface area contributed by atoms with Crippen LogP contribution in [0.25, 0.3) is 17.0 Å². The molecule has 0 saturated carbocycles. The molecule has 0 spiro atoms. The van der Waals surface area contributed by atoms with Gasteiger partial charge in [0.05, 0.1) is 6.54 Å². The lowest BCUT2D eigenvalue weighted by atomic mass is 10.0. The minimum atomic E-state index is -0.0836. The molecule has 1 aliphatic rings. The number of nitrogens with zero attached hydrogens (tertiary/aromatic N) is 2. The fourth-order valence-corrected chi connectivity index (χ4v) is 3.21. The predicted octanol–water partition coefficient (Wildman–Crippen LogP) is 3.12. The number of amides is 2. The SMILES string of the molecule is CN(Cc1cc2ccccc2[nH]1)C(=O)C=Cc1cnc2c(c1)CCC(=O)N2. The van der Waals surface area contributed by atoms with Crippen LogP contribution in [0.15, 0.2) is 48.7 Å². The molecule has 2 amide bonds. The Morgan fingerprint density at radius 3 is 2.96 bits per heavy atom. The van der Waals surface area contributed by atoms with Gasteiger partial charge in [-0.1, -0.05) is 18.2 Å². The summed E-state index contributed by atoms with van der Waals surface area (Å²) in [5, 5.41) is 3.89. The molecule has 0 bridgehead atoms. The molecule has 0 saturated heterocycles. The van der Waals surface area contributed by atoms with Gasteiger partial charge in [-0.3, -0.25) is 9.59 Å². The van der Waals surface area contributed by atoms with E-state index in [1.54, 1.807) is 30.3 Å². The number of aromatic amines is 1. The Bertz CT molecular complexity index is 1020. The minimum Gasteiger partial charge on any atom is -0.357 e. The van der Waals surface area contributed by atoms with Crippen molar-refractivity contribution in [2.24, 2.45) is 0 Å². The second kappa shape index (κ2) is 7.07. The summed E-state index contributed by atoms with van der Waals surface area (Å²) in [6.07, 6.45) is 6.10. The normalized spacial score (nSPS) is 13.6. The lowest BCUT2D eigenvalue weighted by Crippen LogP contribution is -2.24. The van der Waals surface area contributed by atoms with Gasteiger partial charge in [-0.2, -0.15) is 0 Å². The molecule has 6 heteroatoms. The first-order chi connectivity index (χ1) is 13.1. The van der Waals surface area contributed by atoms with Gasteiger partial charge in [0.1, 0.15) is 5.82 Å². The van der Waals surface area contributed by atoms with E-state index in [-0.39, 0.29) is 11.8 Å². The summed E-state index contributed by atoms with van der Waals surface area (Å²) in [7, 11) is 1.78. The summed E-state index contributed by atoms with van der Waals surface area (Å²) < 4.78 is 0. The molecule has 1 aliphatic heterocycles. The Labute approximate surface area is 156 Å². The number of nitrogens with one attached hydrogen (secondary N) is 2. The Morgan fingerprint density at radius 1 is 1.26 bits per heavy atom. The van der Waals surface area contributed by atoms with Gasteiger partial charge in [-0.05, 0) is 47.2 Å². The molecule has 27 heavy (non-hydrogen) atoms. The maximum atomic E-state index is 12.4. The molecular formula is C21H20N4O2. The first-order valence-electron chi connectivity index (χ1n) is 8.87. The first-order valence-corrected chi connectivity index (χ1v) is 8.87. The van der Waals surface area contributed by atoms with Crippen molar-refractivity contribution in [3.05, 3.63) is 65.5 Å². The van der Waals surface area contributed by atoms with E-state index < -0.39 is 0 Å². The highest BCUT2D eigenvalue weighted by molar-refractivity contribution is 5.93. The number of likely N-dealkylation sites (N-methyl/N-ethyl adjacent to an activating group) is 1. The largest absolute Gasteiger partial charge is 0.357 e. The highest BCUT2D eigenvalue weighted by Gasteiger charge is 2.15. The van der Waals surface area contributed by atoms with Crippen LogP contribution in [-0.2, 0) is 22.6 Å². The molecule has 136 valence electrons. The van der Waals surface area contributed by atoms with Crippen LogP contribution in [0.5, 0.6) is 0 Å². The Morgan fingerprint density at radius 2 is 2.11 bits per heavy atom. The van der Waals surface area contributed by atoms with E-state index in [9.17, 15) is 9.59 Å². The molecule has 3 heterocycles. The van der Waals surface area contributed by atoms with Gasteiger partial charge in [-0.15, -0.1) is 0 Å². The monoisotopic (exact) mass is 360 g/mol. The topological polar surface area (TPSA) is 78.1 Å². The Hall–Kier alpha value is -3.41. The maximum Gasteiger partial charge on any atom is 0.246 e. The van der Waals surface area contributed by atoms with Gasteiger partial charge in [0.2, 0.25) is 11.8 Å². The van der Waals surface area contributed by atoms with E-state index in [1.807, 2.05) is 30.3 Å². The molecule has 0 atom stereocenters. The third kappa shape index (κ3) is 3.74. The standard InChI is InChI=1S/C21H20N4O2/c1-25(13-17-11-15-4-2-3-5-18(15)23-17)20(27)9-6-14-10-16-7-8-19(26)24-21(16)22-12-14/h2-6,9-12,23H,7-8,13H2,1H3,(H,22,24,26). The van der Waals surface area contributed by atoms with Crippen molar-refractivity contribution in [3.63, 3.8) is 0 Å². The zero-order chi connectivity index (χ0) is 18.8. The van der Waals surface area contributed by atoms with Gasteiger partial charge in [0.15, 0.2) is 0 Å². The number of carbonyl (C=O) groups is 2. The van der Waals surface area contributed by atoms with Crippen LogP contribution in [0.1, 0.15) is 23.2 Å². The van der Waals surface area contributed by atoms with Crippen molar-refractivity contribution < 1.29 is 9.59 Å². The van der Waals surface area contributed by atoms with E-state index >= 15 is 0 Å². The number of pyridine rings is 1. The second-order valence-corrected chi connectivity index (χ2v) is 6.73. The maximum absolute atomic E-state index is 12.4. The summed E-state index contributed by atoms with van der Waals surface area (Å²) in [6, 6.07) is 12.1. The number of hydrogen-bond donors (Lipinski definition) is 2. The van der Waals surface area contributed by atoms with Crippen LogP contribution in [0.3, 0.4) is 0 Å². The number of benzene rings is 1. The Balaban J connectivity index is 1.42. The fourth-order valence-electron chi connectivity index (χ4n) is 3.21. The van der Waals surface area contributed by atoms with Crippen LogP contribution in [0, 0.1) is 0 Å². The smallest absolute Gasteiger partial charge is 0.246 e. The number of carbonyl (C=O) groups excluding carboxylic acids is 2. The Kier molecular flexibility index (Phi) is 4.46. The van der Waals surface area contributed by atoms with Crippen LogP contribution in [0.4, 0.5) is 5.82 Å². The summed E-state index contributed by atoms with van der Waals surface area (Å²) in [4.78, 5) is 33.1. The van der Waals surface area contributed by atoms with Gasteiger partial charge in [-0.25, -0.2) is 4.98 Å². The van der Waals surface area contributed by atoms with E-state index in [2.05, 4.69) is 21.4 Å². The third-order valence-corrected chi connectivity index (χ3v) is 4.65. The predicted molar refractivity (Wildman–Crippen MR) is 105 cm³/mol. The van der Waals surface area contributed by atoms with Crippen molar-refractivity contribution in [1.29, 1.82) is 0 Å². The number of aromatic nitrogens is 2. The molecule has 6 nitrogen and oxygen atoms in total. The highest BCUT2D eigenvalue weighted by atomic mass is 16.2. The van der Waals surface area contributed by atoms with Crippen molar-refractivity contribution in [2.45, 2.75) is 19.4 Å². The van der Waals surface area contributed by atoms with E-state index in [0.717, 1.165) is 27.7 Å². The molecule has 0 aliphatic carbocycles. The number of fused-ring (bicyclic) bond motifs is 2. The third-order valence-electron chi connectivity index (χ3n) is 4.65. The molecule has 2 N–H and O–H groups in total. The van der Waals surface area contributed by atoms with E-state index in [0.29, 0.717) is 25.2 Å². The van der Waals surface area contributed by atoms with Crippen LogP contribution in [-0.4, -0.2) is 33.7 Å². The molecule has 0 radical (unpaired) electrons. The van der Waals surface area contributed by atoms with Crippen molar-refractivity contribution in [3.8, 4) is 0 Å². The van der Waals surface area contributed by atoms with Gasteiger partial charge < -0.3 is 15.2 Å². The van der Waals surface area contributed by atoms with E-state index in [4.69, 9.17) is 0 Å². The molecular weight excluding hydrogens is 340 g/mol. The number of aryl methyl sites for hydroxylation is 1. The van der Waals surface area contributed by atoms with Gasteiger partial charge in [0.25, 0.3) is 0 Å². The molecule has 0 unspecified atom stereocenters. The van der Waals surface area contributed by atoms with Crippen molar-refractivity contribution in [2.75, 3.05) is 12.4 Å². The van der Waals surface area contributed by atoms with Crippen molar-refractivity contribution in [1.82, 2.24) is 14.9 Å². The number of hydrogen-bond acceptors (Lipinski definition) is 3. The molecule has 2 aromatic heterocycles. The summed E-state index contributed by atoms with van der Waals surface area (Å²) in [5.74, 6) is 0.525. The first kappa shape index (κ1) is 17.0. The summed E-state index contributed by atoms with van der Waals surface area (Å²) >= 11 is 0. The number of anilines is 1. The highest BCUT2D eigenvalue weighted by Crippen LogP contribution is 2.21. The van der Waals surface area contributed by atoms with Crippen LogP contribution < -0.4 is 5.32 Å². The fraction of sp³-hybridized carbons (Fsp3) is 0.190. The van der Waals surface area contributed by atoms with Crippen molar-refractivity contribution >= 4 is 34.6 Å². The lowest BCUT2D eigenvalue weighted by Gasteiger charge is -2.16. The summed E-state index contributed by atoms with van der Waals surface area (Å²) in [6.45, 7) is 0.506. The minimum absolute atomic E-state index is 0.00734. The van der Waals surface area contributed by atoms with Crippen LogP contribution in [0.2, 0.25) is 0 Å². The second-order valence-electron chi connectivity index (χ2n) is 6.73. The zero-order valence-electron chi connectivity index (χ0n) is 15.0. The summed E-state index contributed by atoms with van der Waals surface area (Å²) in [5.41, 5.74) is 3.90. The average Bonchev–Trinajstić information content (AvgIpc) is 3.08. The number of rotatable bonds is 4. The van der Waals surface area contributed by atoms with E-state index in [1.165, 1.54) is 0 Å². The molecule has 0 fully saturated rings. The zero-order valence-corrected chi connectivity index (χ0v) is 15.0. The quantitative estimate of drug-likeness (QED) is 0.702. The molecule has 1 aromatic carbocycles. The number of para-hydroxylation sites is 1.